The molecule has 0 aromatic heterocycles. The van der Waals surface area contributed by atoms with Crippen molar-refractivity contribution in [3.05, 3.63) is 69.3 Å². The number of rotatable bonds is 4. The summed E-state index contributed by atoms with van der Waals surface area (Å²) in [5, 5.41) is 3.43. The number of carbonyl (C=O) groups excluding carboxylic acids is 2. The Bertz CT molecular complexity index is 889. The number of hydrogen-bond donors (Lipinski definition) is 1. The average molecular weight is 375 g/mol. The number of aryl methyl sites for hydroxylation is 2. The highest BCUT2D eigenvalue weighted by atomic mass is 35.5. The molecule has 0 spiro atoms. The van der Waals surface area contributed by atoms with Crippen molar-refractivity contribution in [1.82, 2.24) is 0 Å². The number of nitrogens with zero attached hydrogens (tertiary/aromatic N) is 1. The second-order valence-corrected chi connectivity index (χ2v) is 6.55. The maximum atomic E-state index is 12.7. The van der Waals surface area contributed by atoms with E-state index in [1.165, 1.54) is 0 Å². The van der Waals surface area contributed by atoms with Gasteiger partial charge in [0, 0.05) is 10.7 Å². The molecule has 25 heavy (non-hydrogen) atoms. The van der Waals surface area contributed by atoms with E-state index in [1.54, 1.807) is 30.3 Å². The van der Waals surface area contributed by atoms with E-state index in [0.29, 0.717) is 16.4 Å². The van der Waals surface area contributed by atoms with Crippen molar-refractivity contribution < 1.29 is 9.59 Å². The van der Waals surface area contributed by atoms with Gasteiger partial charge in [-0.3, -0.25) is 9.59 Å². The summed E-state index contributed by atoms with van der Waals surface area (Å²) in [5.74, 6) is -1.02. The summed E-state index contributed by atoms with van der Waals surface area (Å²) in [6.07, 6.45) is 0.879. The Hall–Kier alpha value is -2.30. The minimum atomic E-state index is -0.537. The first kappa shape index (κ1) is 17.5. The van der Waals surface area contributed by atoms with Crippen molar-refractivity contribution in [3.63, 3.8) is 0 Å². The van der Waals surface area contributed by atoms with Crippen LogP contribution in [0.15, 0.2) is 53.2 Å². The van der Waals surface area contributed by atoms with Crippen LogP contribution < -0.4 is 10.2 Å². The molecule has 0 aliphatic carbocycles. The van der Waals surface area contributed by atoms with Crippen LogP contribution in [0.3, 0.4) is 0 Å². The molecular formula is C19H16Cl2N2O2. The standard InChI is InChI=1S/C19H16Cl2N2O2/c1-3-12-4-7-14(8-5-12)23-18(24)16(21)17(19(23)25)22-15-9-6-13(20)10-11(15)2/h4-10,22H,3H2,1-2H3. The van der Waals surface area contributed by atoms with Crippen molar-refractivity contribution in [3.8, 4) is 0 Å². The molecule has 2 aromatic carbocycles. The second kappa shape index (κ2) is 6.90. The van der Waals surface area contributed by atoms with E-state index in [4.69, 9.17) is 23.2 Å². The van der Waals surface area contributed by atoms with Gasteiger partial charge in [0.15, 0.2) is 0 Å². The minimum Gasteiger partial charge on any atom is -0.349 e. The van der Waals surface area contributed by atoms with Gasteiger partial charge in [-0.05, 0) is 54.8 Å². The predicted molar refractivity (Wildman–Crippen MR) is 101 cm³/mol. The van der Waals surface area contributed by atoms with Gasteiger partial charge in [-0.25, -0.2) is 4.90 Å². The zero-order chi connectivity index (χ0) is 18.1. The number of imide groups is 1. The number of nitrogens with one attached hydrogen (secondary N) is 1. The third kappa shape index (κ3) is 3.28. The Balaban J connectivity index is 1.90. The highest BCUT2D eigenvalue weighted by Crippen LogP contribution is 2.31. The number of hydrogen-bond acceptors (Lipinski definition) is 3. The van der Waals surface area contributed by atoms with Crippen LogP contribution in [0.4, 0.5) is 11.4 Å². The maximum Gasteiger partial charge on any atom is 0.283 e. The molecule has 1 aliphatic rings. The fourth-order valence-electron chi connectivity index (χ4n) is 2.63. The molecule has 128 valence electrons. The molecule has 0 fully saturated rings. The second-order valence-electron chi connectivity index (χ2n) is 5.74. The molecule has 1 N–H and O–H groups in total. The zero-order valence-electron chi connectivity index (χ0n) is 13.8. The summed E-state index contributed by atoms with van der Waals surface area (Å²) < 4.78 is 0. The fourth-order valence-corrected chi connectivity index (χ4v) is 3.07. The first-order valence-electron chi connectivity index (χ1n) is 7.83. The molecule has 2 aromatic rings. The lowest BCUT2D eigenvalue weighted by molar-refractivity contribution is -0.120. The third-order valence-electron chi connectivity index (χ3n) is 4.08. The van der Waals surface area contributed by atoms with Gasteiger partial charge in [0.1, 0.15) is 10.7 Å². The van der Waals surface area contributed by atoms with Crippen LogP contribution in [-0.2, 0) is 16.0 Å². The van der Waals surface area contributed by atoms with E-state index >= 15 is 0 Å². The lowest BCUT2D eigenvalue weighted by Crippen LogP contribution is -2.32. The van der Waals surface area contributed by atoms with Gasteiger partial charge in [-0.15, -0.1) is 0 Å². The summed E-state index contributed by atoms with van der Waals surface area (Å²) in [7, 11) is 0. The van der Waals surface area contributed by atoms with Crippen molar-refractivity contribution in [2.45, 2.75) is 20.3 Å². The van der Waals surface area contributed by atoms with E-state index in [1.807, 2.05) is 26.0 Å². The van der Waals surface area contributed by atoms with Crippen LogP contribution >= 0.6 is 23.2 Å². The third-order valence-corrected chi connectivity index (χ3v) is 4.66. The van der Waals surface area contributed by atoms with Crippen LogP contribution in [0.5, 0.6) is 0 Å². The first-order chi connectivity index (χ1) is 11.9. The summed E-state index contributed by atoms with van der Waals surface area (Å²) in [4.78, 5) is 26.3. The molecule has 1 aliphatic heterocycles. The highest BCUT2D eigenvalue weighted by Gasteiger charge is 2.39. The van der Waals surface area contributed by atoms with E-state index in [9.17, 15) is 9.59 Å². The predicted octanol–water partition coefficient (Wildman–Crippen LogP) is 4.65. The molecule has 0 saturated carbocycles. The van der Waals surface area contributed by atoms with Crippen LogP contribution in [0.1, 0.15) is 18.1 Å². The summed E-state index contributed by atoms with van der Waals surface area (Å²) in [6, 6.07) is 12.5. The van der Waals surface area contributed by atoms with Crippen LogP contribution in [-0.4, -0.2) is 11.8 Å². The van der Waals surface area contributed by atoms with Gasteiger partial charge in [0.2, 0.25) is 0 Å². The zero-order valence-corrected chi connectivity index (χ0v) is 15.3. The molecule has 0 bridgehead atoms. The highest BCUT2D eigenvalue weighted by molar-refractivity contribution is 6.53. The van der Waals surface area contributed by atoms with Crippen LogP contribution in [0.2, 0.25) is 5.02 Å². The quantitative estimate of drug-likeness (QED) is 0.792. The van der Waals surface area contributed by atoms with E-state index < -0.39 is 11.8 Å². The van der Waals surface area contributed by atoms with E-state index in [0.717, 1.165) is 22.4 Å². The van der Waals surface area contributed by atoms with Gasteiger partial charge >= 0.3 is 0 Å². The van der Waals surface area contributed by atoms with Crippen molar-refractivity contribution in [1.29, 1.82) is 0 Å². The molecular weight excluding hydrogens is 359 g/mol. The SMILES string of the molecule is CCc1ccc(N2C(=O)C(Cl)=C(Nc3ccc(Cl)cc3C)C2=O)cc1. The normalized spacial score (nSPS) is 14.5. The van der Waals surface area contributed by atoms with Crippen LogP contribution in [0.25, 0.3) is 0 Å². The van der Waals surface area contributed by atoms with Gasteiger partial charge in [-0.2, -0.15) is 0 Å². The summed E-state index contributed by atoms with van der Waals surface area (Å²) >= 11 is 12.1. The number of benzene rings is 2. The molecule has 0 unspecified atom stereocenters. The monoisotopic (exact) mass is 374 g/mol. The number of amides is 2. The molecule has 4 nitrogen and oxygen atoms in total. The molecule has 1 heterocycles. The van der Waals surface area contributed by atoms with Crippen molar-refractivity contribution >= 4 is 46.4 Å². The smallest absolute Gasteiger partial charge is 0.283 e. The molecule has 0 radical (unpaired) electrons. The van der Waals surface area contributed by atoms with E-state index in [2.05, 4.69) is 5.32 Å². The molecule has 0 atom stereocenters. The number of halogens is 2. The van der Waals surface area contributed by atoms with Crippen molar-refractivity contribution in [2.24, 2.45) is 0 Å². The van der Waals surface area contributed by atoms with Gasteiger partial charge in [-0.1, -0.05) is 42.3 Å². The van der Waals surface area contributed by atoms with Crippen molar-refractivity contribution in [2.75, 3.05) is 10.2 Å². The van der Waals surface area contributed by atoms with E-state index in [-0.39, 0.29) is 10.7 Å². The van der Waals surface area contributed by atoms with Gasteiger partial charge in [0.05, 0.1) is 5.69 Å². The topological polar surface area (TPSA) is 49.4 Å². The Labute approximate surface area is 156 Å². The Morgan fingerprint density at radius 3 is 2.28 bits per heavy atom. The largest absolute Gasteiger partial charge is 0.349 e. The lowest BCUT2D eigenvalue weighted by Gasteiger charge is -2.16. The number of carbonyl (C=O) groups is 2. The summed E-state index contributed by atoms with van der Waals surface area (Å²) in [6.45, 7) is 3.89. The Morgan fingerprint density at radius 2 is 1.68 bits per heavy atom. The van der Waals surface area contributed by atoms with Gasteiger partial charge < -0.3 is 5.32 Å². The van der Waals surface area contributed by atoms with Gasteiger partial charge in [0.25, 0.3) is 11.8 Å². The number of anilines is 2. The lowest BCUT2D eigenvalue weighted by atomic mass is 10.1. The fraction of sp³-hybridized carbons (Fsp3) is 0.158. The minimum absolute atomic E-state index is 0.0663. The average Bonchev–Trinajstić information content (AvgIpc) is 2.81. The Morgan fingerprint density at radius 1 is 1.00 bits per heavy atom. The van der Waals surface area contributed by atoms with Crippen LogP contribution in [0, 0.1) is 6.92 Å². The molecule has 3 rings (SSSR count). The summed E-state index contributed by atoms with van der Waals surface area (Å²) in [5.41, 5.74) is 3.20. The molecule has 0 saturated heterocycles. The molecule has 6 heteroatoms. The first-order valence-corrected chi connectivity index (χ1v) is 8.58. The maximum absolute atomic E-state index is 12.7. The molecule has 2 amide bonds. The Kier molecular flexibility index (Phi) is 4.84.